The van der Waals surface area contributed by atoms with Gasteiger partial charge in [-0.3, -0.25) is 14.5 Å². The fraction of sp³-hybridized carbons (Fsp3) is 0.286. The number of benzene rings is 1. The first-order chi connectivity index (χ1) is 13.1. The molecule has 138 valence electrons. The molecule has 1 saturated carbocycles. The van der Waals surface area contributed by atoms with Gasteiger partial charge in [0, 0.05) is 43.2 Å². The largest absolute Gasteiger partial charge is 0.388 e. The molecule has 2 aromatic heterocycles. The third-order valence-electron chi connectivity index (χ3n) is 5.20. The van der Waals surface area contributed by atoms with E-state index in [1.807, 2.05) is 42.5 Å². The summed E-state index contributed by atoms with van der Waals surface area (Å²) in [5, 5.41) is 18.2. The topological polar surface area (TPSA) is 80.0 Å². The smallest absolute Gasteiger partial charge is 0.255 e. The Kier molecular flexibility index (Phi) is 4.49. The van der Waals surface area contributed by atoms with Crippen LogP contribution in [0.15, 0.2) is 61.1 Å². The number of carbonyl (C=O) groups excluding carboxylic acids is 1. The Hall–Kier alpha value is -2.99. The summed E-state index contributed by atoms with van der Waals surface area (Å²) in [6.45, 7) is 0.434. The van der Waals surface area contributed by atoms with Crippen LogP contribution in [0.25, 0.3) is 11.3 Å². The molecule has 3 aromatic rings. The maximum absolute atomic E-state index is 12.8. The van der Waals surface area contributed by atoms with Crippen molar-refractivity contribution in [2.24, 2.45) is 12.5 Å². The quantitative estimate of drug-likeness (QED) is 0.707. The second-order valence-electron chi connectivity index (χ2n) is 7.17. The number of hydrogen-bond donors (Lipinski definition) is 2. The maximum Gasteiger partial charge on any atom is 0.255 e. The van der Waals surface area contributed by atoms with E-state index in [-0.39, 0.29) is 11.3 Å². The summed E-state index contributed by atoms with van der Waals surface area (Å²) in [5.74, 6) is -0.187. The zero-order chi connectivity index (χ0) is 18.9. The van der Waals surface area contributed by atoms with Crippen molar-refractivity contribution in [1.82, 2.24) is 20.1 Å². The first-order valence-corrected chi connectivity index (χ1v) is 9.04. The first-order valence-electron chi connectivity index (χ1n) is 9.04. The standard InChI is InChI=1S/C21H22N4O2/c1-25-13-17(18(24-25)16-8-5-11-22-12-16)20(27)23-14-21(9-10-21)19(26)15-6-3-2-4-7-15/h2-8,11-13,19,26H,9-10,14H2,1H3,(H,23,27). The first kappa shape index (κ1) is 17.4. The lowest BCUT2D eigenvalue weighted by atomic mass is 9.92. The molecular weight excluding hydrogens is 340 g/mol. The molecule has 6 heteroatoms. The highest BCUT2D eigenvalue weighted by molar-refractivity contribution is 5.99. The molecule has 1 aliphatic rings. The van der Waals surface area contributed by atoms with Crippen LogP contribution in [-0.2, 0) is 7.05 Å². The third-order valence-corrected chi connectivity index (χ3v) is 5.20. The van der Waals surface area contributed by atoms with E-state index in [9.17, 15) is 9.90 Å². The minimum atomic E-state index is -0.578. The molecule has 2 heterocycles. The van der Waals surface area contributed by atoms with Gasteiger partial charge in [-0.25, -0.2) is 0 Å². The molecule has 1 amide bonds. The van der Waals surface area contributed by atoms with Crippen molar-refractivity contribution in [1.29, 1.82) is 0 Å². The molecule has 1 fully saturated rings. The molecule has 4 rings (SSSR count). The minimum absolute atomic E-state index is 0.187. The molecule has 0 aliphatic heterocycles. The number of pyridine rings is 1. The number of nitrogens with one attached hydrogen (secondary N) is 1. The Morgan fingerprint density at radius 2 is 2.04 bits per heavy atom. The predicted octanol–water partition coefficient (Wildman–Crippen LogP) is 2.73. The zero-order valence-electron chi connectivity index (χ0n) is 15.2. The Balaban J connectivity index is 1.49. The van der Waals surface area contributed by atoms with Crippen molar-refractivity contribution in [2.45, 2.75) is 18.9 Å². The van der Waals surface area contributed by atoms with Gasteiger partial charge in [0.05, 0.1) is 11.7 Å². The summed E-state index contributed by atoms with van der Waals surface area (Å²) in [7, 11) is 1.79. The third kappa shape index (κ3) is 3.48. The number of aromatic nitrogens is 3. The molecule has 1 aromatic carbocycles. The van der Waals surface area contributed by atoms with Gasteiger partial charge in [0.25, 0.3) is 5.91 Å². The van der Waals surface area contributed by atoms with E-state index in [0.717, 1.165) is 24.0 Å². The Labute approximate surface area is 157 Å². The average Bonchev–Trinajstić information content (AvgIpc) is 3.41. The van der Waals surface area contributed by atoms with E-state index >= 15 is 0 Å². The van der Waals surface area contributed by atoms with Crippen LogP contribution in [0.4, 0.5) is 0 Å². The Morgan fingerprint density at radius 1 is 1.26 bits per heavy atom. The Bertz CT molecular complexity index is 933. The average molecular weight is 362 g/mol. The molecule has 2 N–H and O–H groups in total. The summed E-state index contributed by atoms with van der Waals surface area (Å²) in [5.41, 5.74) is 2.52. The molecule has 1 atom stereocenters. The van der Waals surface area contributed by atoms with E-state index in [1.54, 1.807) is 30.3 Å². The van der Waals surface area contributed by atoms with Gasteiger partial charge in [0.15, 0.2) is 0 Å². The number of carbonyl (C=O) groups is 1. The van der Waals surface area contributed by atoms with Crippen molar-refractivity contribution in [3.05, 3.63) is 72.2 Å². The van der Waals surface area contributed by atoms with Crippen molar-refractivity contribution in [2.75, 3.05) is 6.54 Å². The van der Waals surface area contributed by atoms with Crippen LogP contribution in [-0.4, -0.2) is 32.3 Å². The van der Waals surface area contributed by atoms with Crippen LogP contribution in [0.2, 0.25) is 0 Å². The zero-order valence-corrected chi connectivity index (χ0v) is 15.2. The minimum Gasteiger partial charge on any atom is -0.388 e. The lowest BCUT2D eigenvalue weighted by molar-refractivity contribution is 0.0808. The van der Waals surface area contributed by atoms with E-state index in [1.165, 1.54) is 0 Å². The number of aliphatic hydroxyl groups excluding tert-OH is 1. The van der Waals surface area contributed by atoms with Gasteiger partial charge in [-0.15, -0.1) is 0 Å². The van der Waals surface area contributed by atoms with Crippen LogP contribution in [0.3, 0.4) is 0 Å². The molecule has 1 aliphatic carbocycles. The predicted molar refractivity (Wildman–Crippen MR) is 102 cm³/mol. The lowest BCUT2D eigenvalue weighted by Crippen LogP contribution is -2.33. The summed E-state index contributed by atoms with van der Waals surface area (Å²) in [6, 6.07) is 13.3. The van der Waals surface area contributed by atoms with Crippen LogP contribution in [0, 0.1) is 5.41 Å². The van der Waals surface area contributed by atoms with Crippen LogP contribution < -0.4 is 5.32 Å². The van der Waals surface area contributed by atoms with Crippen molar-refractivity contribution < 1.29 is 9.90 Å². The summed E-state index contributed by atoms with van der Waals surface area (Å²) in [4.78, 5) is 16.9. The normalized spacial score (nSPS) is 15.9. The van der Waals surface area contributed by atoms with Crippen molar-refractivity contribution >= 4 is 5.91 Å². The van der Waals surface area contributed by atoms with Crippen molar-refractivity contribution in [3.8, 4) is 11.3 Å². The fourth-order valence-electron chi connectivity index (χ4n) is 3.42. The number of aliphatic hydroxyl groups is 1. The highest BCUT2D eigenvalue weighted by Crippen LogP contribution is 2.54. The van der Waals surface area contributed by atoms with Gasteiger partial charge in [-0.1, -0.05) is 30.3 Å². The molecule has 0 spiro atoms. The molecule has 1 unspecified atom stereocenters. The van der Waals surface area contributed by atoms with Gasteiger partial charge in [-0.2, -0.15) is 5.10 Å². The molecule has 0 radical (unpaired) electrons. The number of aryl methyl sites for hydroxylation is 1. The van der Waals surface area contributed by atoms with E-state index < -0.39 is 6.10 Å². The van der Waals surface area contributed by atoms with E-state index in [2.05, 4.69) is 15.4 Å². The Morgan fingerprint density at radius 3 is 2.70 bits per heavy atom. The SMILES string of the molecule is Cn1cc(C(=O)NCC2(C(O)c3ccccc3)CC2)c(-c2cccnc2)n1. The molecule has 6 nitrogen and oxygen atoms in total. The van der Waals surface area contributed by atoms with Crippen LogP contribution in [0.1, 0.15) is 34.9 Å². The lowest BCUT2D eigenvalue weighted by Gasteiger charge is -2.23. The summed E-state index contributed by atoms with van der Waals surface area (Å²) in [6.07, 6.45) is 6.31. The molecule has 27 heavy (non-hydrogen) atoms. The summed E-state index contributed by atoms with van der Waals surface area (Å²) >= 11 is 0. The number of amides is 1. The van der Waals surface area contributed by atoms with Crippen LogP contribution in [0.5, 0.6) is 0 Å². The van der Waals surface area contributed by atoms with Gasteiger partial charge in [0.1, 0.15) is 5.69 Å². The second kappa shape index (κ2) is 6.96. The molecule has 0 bridgehead atoms. The van der Waals surface area contributed by atoms with Gasteiger partial charge < -0.3 is 10.4 Å². The van der Waals surface area contributed by atoms with Gasteiger partial charge in [0.2, 0.25) is 0 Å². The maximum atomic E-state index is 12.8. The van der Waals surface area contributed by atoms with E-state index in [4.69, 9.17) is 0 Å². The number of hydrogen-bond acceptors (Lipinski definition) is 4. The summed E-state index contributed by atoms with van der Waals surface area (Å²) < 4.78 is 1.63. The highest BCUT2D eigenvalue weighted by atomic mass is 16.3. The number of rotatable bonds is 6. The van der Waals surface area contributed by atoms with Crippen LogP contribution >= 0.6 is 0 Å². The van der Waals surface area contributed by atoms with Crippen molar-refractivity contribution in [3.63, 3.8) is 0 Å². The second-order valence-corrected chi connectivity index (χ2v) is 7.17. The highest BCUT2D eigenvalue weighted by Gasteiger charge is 2.49. The van der Waals surface area contributed by atoms with Gasteiger partial charge >= 0.3 is 0 Å². The fourth-order valence-corrected chi connectivity index (χ4v) is 3.42. The number of nitrogens with zero attached hydrogens (tertiary/aromatic N) is 3. The van der Waals surface area contributed by atoms with Gasteiger partial charge in [-0.05, 0) is 30.5 Å². The molecular formula is C21H22N4O2. The monoisotopic (exact) mass is 362 g/mol. The molecule has 0 saturated heterocycles. The van der Waals surface area contributed by atoms with E-state index in [0.29, 0.717) is 17.8 Å².